The van der Waals surface area contributed by atoms with Gasteiger partial charge in [-0.05, 0) is 35.6 Å². The third-order valence-electron chi connectivity index (χ3n) is 5.41. The molecule has 0 saturated carbocycles. The molecule has 0 bridgehead atoms. The van der Waals surface area contributed by atoms with E-state index in [1.54, 1.807) is 0 Å². The van der Waals surface area contributed by atoms with E-state index in [1.807, 2.05) is 24.4 Å². The Kier molecular flexibility index (Phi) is 6.20. The molecule has 1 aliphatic rings. The van der Waals surface area contributed by atoms with E-state index in [0.717, 1.165) is 31.0 Å². The molecule has 1 fully saturated rings. The largest absolute Gasteiger partial charge is 0.292 e. The maximum Gasteiger partial charge on any atom is 0.0616 e. The number of hydrogen-bond acceptors (Lipinski definition) is 2. The van der Waals surface area contributed by atoms with Crippen LogP contribution in [-0.2, 0) is 0 Å². The van der Waals surface area contributed by atoms with Crippen molar-refractivity contribution in [3.8, 4) is 0 Å². The van der Waals surface area contributed by atoms with Gasteiger partial charge in [0.05, 0.1) is 12.1 Å². The minimum atomic E-state index is 0.189. The molecule has 1 saturated heterocycles. The molecule has 28 heavy (non-hydrogen) atoms. The average molecular weight is 389 g/mol. The Morgan fingerprint density at radius 2 is 1.43 bits per heavy atom. The molecule has 0 radical (unpaired) electrons. The highest BCUT2D eigenvalue weighted by molar-refractivity contribution is 6.31. The normalized spacial score (nSPS) is 17.0. The summed E-state index contributed by atoms with van der Waals surface area (Å²) < 4.78 is 0. The molecule has 1 aliphatic heterocycles. The van der Waals surface area contributed by atoms with Crippen LogP contribution in [0.3, 0.4) is 0 Å². The van der Waals surface area contributed by atoms with Crippen LogP contribution in [0.4, 0.5) is 0 Å². The van der Waals surface area contributed by atoms with Crippen LogP contribution in [0.15, 0.2) is 89.9 Å². The van der Waals surface area contributed by atoms with Gasteiger partial charge >= 0.3 is 0 Å². The van der Waals surface area contributed by atoms with Crippen LogP contribution in [0, 0.1) is 0 Å². The summed E-state index contributed by atoms with van der Waals surface area (Å²) in [5, 5.41) is 0.834. The molecular weight excluding hydrogens is 364 g/mol. The molecule has 1 atom stereocenters. The summed E-state index contributed by atoms with van der Waals surface area (Å²) in [6.07, 6.45) is 4.15. The van der Waals surface area contributed by atoms with Crippen LogP contribution < -0.4 is 0 Å². The van der Waals surface area contributed by atoms with E-state index >= 15 is 0 Å². The van der Waals surface area contributed by atoms with Gasteiger partial charge in [-0.25, -0.2) is 0 Å². The van der Waals surface area contributed by atoms with Crippen molar-refractivity contribution in [2.45, 2.75) is 24.9 Å². The number of nitrogens with zero attached hydrogens (tertiary/aromatic N) is 2. The second-order valence-corrected chi connectivity index (χ2v) is 7.70. The lowest BCUT2D eigenvalue weighted by molar-refractivity contribution is 0.175. The van der Waals surface area contributed by atoms with E-state index in [-0.39, 0.29) is 6.04 Å². The van der Waals surface area contributed by atoms with Gasteiger partial charge in [0.25, 0.3) is 0 Å². The lowest BCUT2D eigenvalue weighted by Gasteiger charge is -2.37. The fraction of sp³-hybridized carbons (Fsp3) is 0.240. The van der Waals surface area contributed by atoms with E-state index < -0.39 is 0 Å². The number of aliphatic imine (C=N–C) groups is 1. The Bertz CT molecular complexity index is 900. The van der Waals surface area contributed by atoms with Crippen LogP contribution >= 0.6 is 11.6 Å². The fourth-order valence-corrected chi connectivity index (χ4v) is 4.18. The molecule has 0 N–H and O–H groups in total. The molecule has 0 spiro atoms. The summed E-state index contributed by atoms with van der Waals surface area (Å²) in [6.45, 7) is 2.03. The Labute approximate surface area is 172 Å². The summed E-state index contributed by atoms with van der Waals surface area (Å²) in [5.41, 5.74) is 3.64. The molecule has 3 heteroatoms. The first-order valence-electron chi connectivity index (χ1n) is 9.93. The zero-order chi connectivity index (χ0) is 19.2. The van der Waals surface area contributed by atoms with Crippen LogP contribution in [0.2, 0.25) is 5.02 Å². The minimum Gasteiger partial charge on any atom is -0.292 e. The van der Waals surface area contributed by atoms with Crippen molar-refractivity contribution in [1.82, 2.24) is 4.90 Å². The lowest BCUT2D eigenvalue weighted by atomic mass is 9.94. The number of likely N-dealkylation sites (tertiary alicyclic amines) is 1. The predicted molar refractivity (Wildman–Crippen MR) is 118 cm³/mol. The summed E-state index contributed by atoms with van der Waals surface area (Å²) in [7, 11) is 0. The molecule has 0 aromatic heterocycles. The van der Waals surface area contributed by atoms with Gasteiger partial charge in [-0.15, -0.1) is 0 Å². The number of rotatable bonds is 5. The van der Waals surface area contributed by atoms with Gasteiger partial charge in [-0.1, -0.05) is 90.5 Å². The lowest BCUT2D eigenvalue weighted by Crippen LogP contribution is -2.38. The third kappa shape index (κ3) is 4.52. The second kappa shape index (κ2) is 9.18. The van der Waals surface area contributed by atoms with Gasteiger partial charge < -0.3 is 0 Å². The zero-order valence-electron chi connectivity index (χ0n) is 15.9. The van der Waals surface area contributed by atoms with Crippen molar-refractivity contribution in [3.05, 3.63) is 107 Å². The smallest absolute Gasteiger partial charge is 0.0616 e. The Balaban J connectivity index is 1.50. The monoisotopic (exact) mass is 388 g/mol. The van der Waals surface area contributed by atoms with Gasteiger partial charge in [-0.2, -0.15) is 0 Å². The fourth-order valence-electron chi connectivity index (χ4n) is 3.94. The van der Waals surface area contributed by atoms with E-state index in [9.17, 15) is 0 Å². The van der Waals surface area contributed by atoms with Crippen molar-refractivity contribution in [2.75, 3.05) is 13.1 Å². The maximum absolute atomic E-state index is 6.58. The Morgan fingerprint density at radius 3 is 2.11 bits per heavy atom. The summed E-state index contributed by atoms with van der Waals surface area (Å²) in [6, 6.07) is 29.8. The summed E-state index contributed by atoms with van der Waals surface area (Å²) >= 11 is 6.58. The second-order valence-electron chi connectivity index (χ2n) is 7.29. The first-order chi connectivity index (χ1) is 13.8. The van der Waals surface area contributed by atoms with Crippen molar-refractivity contribution < 1.29 is 0 Å². The van der Waals surface area contributed by atoms with Crippen molar-refractivity contribution in [1.29, 1.82) is 0 Å². The molecule has 4 rings (SSSR count). The van der Waals surface area contributed by atoms with Crippen LogP contribution in [0.1, 0.15) is 35.6 Å². The summed E-state index contributed by atoms with van der Waals surface area (Å²) in [5.74, 6) is 0. The molecule has 0 aliphatic carbocycles. The number of hydrogen-bond donors (Lipinski definition) is 0. The highest BCUT2D eigenvalue weighted by Crippen LogP contribution is 2.35. The molecule has 1 heterocycles. The topological polar surface area (TPSA) is 15.6 Å². The molecule has 1 unspecified atom stereocenters. The van der Waals surface area contributed by atoms with Crippen molar-refractivity contribution in [2.24, 2.45) is 4.99 Å². The Hall–Kier alpha value is -2.42. The van der Waals surface area contributed by atoms with Crippen molar-refractivity contribution >= 4 is 17.8 Å². The zero-order valence-corrected chi connectivity index (χ0v) is 16.7. The van der Waals surface area contributed by atoms with E-state index in [2.05, 4.69) is 71.6 Å². The molecule has 0 amide bonds. The molecule has 2 nitrogen and oxygen atoms in total. The first kappa shape index (κ1) is 18.9. The van der Waals surface area contributed by atoms with E-state index in [4.69, 9.17) is 16.6 Å². The van der Waals surface area contributed by atoms with Crippen LogP contribution in [-0.4, -0.2) is 30.2 Å². The predicted octanol–water partition coefficient (Wildman–Crippen LogP) is 6.01. The molecule has 142 valence electrons. The Morgan fingerprint density at radius 1 is 0.821 bits per heavy atom. The molecule has 3 aromatic carbocycles. The number of halogens is 1. The van der Waals surface area contributed by atoms with Gasteiger partial charge in [-0.3, -0.25) is 9.89 Å². The van der Waals surface area contributed by atoms with Gasteiger partial charge in [0.1, 0.15) is 0 Å². The van der Waals surface area contributed by atoms with Crippen molar-refractivity contribution in [3.63, 3.8) is 0 Å². The quantitative estimate of drug-likeness (QED) is 0.488. The highest BCUT2D eigenvalue weighted by atomic mass is 35.5. The van der Waals surface area contributed by atoms with E-state index in [0.29, 0.717) is 6.04 Å². The van der Waals surface area contributed by atoms with Crippen LogP contribution in [0.5, 0.6) is 0 Å². The number of piperidine rings is 1. The van der Waals surface area contributed by atoms with Gasteiger partial charge in [0.15, 0.2) is 0 Å². The van der Waals surface area contributed by atoms with Crippen LogP contribution in [0.25, 0.3) is 0 Å². The molecular formula is C25H25ClN2. The van der Waals surface area contributed by atoms with Gasteiger partial charge in [0.2, 0.25) is 0 Å². The SMILES string of the molecule is Clc1ccccc1C(c1ccccc1)N1CCC(/N=C/c2ccccc2)CC1. The first-order valence-corrected chi connectivity index (χ1v) is 10.3. The highest BCUT2D eigenvalue weighted by Gasteiger charge is 2.28. The third-order valence-corrected chi connectivity index (χ3v) is 5.76. The van der Waals surface area contributed by atoms with E-state index in [1.165, 1.54) is 16.7 Å². The standard InChI is InChI=1S/C25H25ClN2/c26-24-14-8-7-13-23(24)25(21-11-5-2-6-12-21)28-17-15-22(16-18-28)27-19-20-9-3-1-4-10-20/h1-14,19,22,25H,15-18H2/b27-19+. The summed E-state index contributed by atoms with van der Waals surface area (Å²) in [4.78, 5) is 7.38. The number of benzene rings is 3. The average Bonchev–Trinajstić information content (AvgIpc) is 2.76. The molecule has 3 aromatic rings. The maximum atomic E-state index is 6.58. The van der Waals surface area contributed by atoms with Gasteiger partial charge in [0, 0.05) is 24.3 Å². The minimum absolute atomic E-state index is 0.189.